The summed E-state index contributed by atoms with van der Waals surface area (Å²) in [7, 11) is 1.53. The number of likely N-dealkylation sites (tertiary alicyclic amines) is 1. The van der Waals surface area contributed by atoms with Gasteiger partial charge in [-0.3, -0.25) is 9.59 Å². The number of rotatable bonds is 11. The summed E-state index contributed by atoms with van der Waals surface area (Å²) in [5.74, 6) is -0.386. The molecular formula is C35H33NO6. The van der Waals surface area contributed by atoms with Crippen LogP contribution >= 0.6 is 0 Å². The number of ether oxygens (including phenoxy) is 3. The third-order valence-electron chi connectivity index (χ3n) is 7.30. The van der Waals surface area contributed by atoms with Crippen LogP contribution in [0.15, 0.2) is 109 Å². The summed E-state index contributed by atoms with van der Waals surface area (Å²) in [5, 5.41) is 11.4. The van der Waals surface area contributed by atoms with Gasteiger partial charge in [-0.15, -0.1) is 0 Å². The Bertz CT molecular complexity index is 1560. The Morgan fingerprint density at radius 1 is 0.786 bits per heavy atom. The number of aliphatic hydroxyl groups excluding tert-OH is 1. The first kappa shape index (κ1) is 28.6. The van der Waals surface area contributed by atoms with Crippen LogP contribution in [0.2, 0.25) is 0 Å². The monoisotopic (exact) mass is 563 g/mol. The molecule has 7 heteroatoms. The predicted molar refractivity (Wildman–Crippen MR) is 160 cm³/mol. The number of carbonyl (C=O) groups excluding carboxylic acids is 2. The third-order valence-corrected chi connectivity index (χ3v) is 7.30. The number of aryl methyl sites for hydroxylation is 1. The molecule has 0 bridgehead atoms. The number of aliphatic hydroxyl groups is 1. The molecule has 0 aliphatic carbocycles. The minimum absolute atomic E-state index is 0.0302. The van der Waals surface area contributed by atoms with Gasteiger partial charge in [-0.05, 0) is 65.6 Å². The van der Waals surface area contributed by atoms with Gasteiger partial charge in [0.2, 0.25) is 0 Å². The maximum atomic E-state index is 13.3. The van der Waals surface area contributed by atoms with Crippen molar-refractivity contribution < 1.29 is 28.9 Å². The lowest BCUT2D eigenvalue weighted by Gasteiger charge is -2.25. The van der Waals surface area contributed by atoms with Crippen molar-refractivity contribution >= 4 is 17.4 Å². The highest BCUT2D eigenvalue weighted by molar-refractivity contribution is 6.46. The number of ketones is 1. The Morgan fingerprint density at radius 3 is 2.07 bits per heavy atom. The minimum Gasteiger partial charge on any atom is -0.507 e. The van der Waals surface area contributed by atoms with Crippen LogP contribution in [0, 0.1) is 6.92 Å². The Labute approximate surface area is 245 Å². The molecule has 1 fully saturated rings. The Morgan fingerprint density at radius 2 is 1.40 bits per heavy atom. The summed E-state index contributed by atoms with van der Waals surface area (Å²) in [5.41, 5.74) is 4.38. The van der Waals surface area contributed by atoms with Crippen LogP contribution in [0.25, 0.3) is 5.76 Å². The van der Waals surface area contributed by atoms with Gasteiger partial charge in [-0.1, -0.05) is 66.7 Å². The van der Waals surface area contributed by atoms with E-state index in [0.717, 1.165) is 16.7 Å². The molecule has 0 saturated carbocycles. The highest BCUT2D eigenvalue weighted by atomic mass is 16.5. The molecule has 7 nitrogen and oxygen atoms in total. The number of nitrogens with zero attached hydrogens (tertiary/aromatic N) is 1. The highest BCUT2D eigenvalue weighted by Gasteiger charge is 2.45. The lowest BCUT2D eigenvalue weighted by Crippen LogP contribution is -2.32. The van der Waals surface area contributed by atoms with E-state index in [-0.39, 0.29) is 24.5 Å². The highest BCUT2D eigenvalue weighted by Crippen LogP contribution is 2.40. The number of hydrogen-bond acceptors (Lipinski definition) is 6. The van der Waals surface area contributed by atoms with E-state index >= 15 is 0 Å². The van der Waals surface area contributed by atoms with Crippen LogP contribution in [0.5, 0.6) is 11.5 Å². The van der Waals surface area contributed by atoms with E-state index in [1.54, 1.807) is 36.4 Å². The molecule has 0 aromatic heterocycles. The van der Waals surface area contributed by atoms with Crippen molar-refractivity contribution in [1.82, 2.24) is 4.90 Å². The van der Waals surface area contributed by atoms with Crippen LogP contribution in [0.4, 0.5) is 0 Å². The Kier molecular flexibility index (Phi) is 8.99. The number of amides is 1. The first-order valence-electron chi connectivity index (χ1n) is 13.8. The standard InChI is InChI=1S/C35H33NO6/c1-24-8-6-7-11-28(24)23-42-30-18-14-27(15-19-30)33(37)31-32(36(20-21-40-2)35(39)34(31)38)26-12-16-29(17-13-26)41-22-25-9-4-3-5-10-25/h3-19,32,37H,20-23H2,1-2H3. The molecule has 0 radical (unpaired) electrons. The fourth-order valence-corrected chi connectivity index (χ4v) is 4.93. The Hall–Kier alpha value is -4.88. The second kappa shape index (κ2) is 13.2. The van der Waals surface area contributed by atoms with E-state index in [2.05, 4.69) is 0 Å². The average molecular weight is 564 g/mol. The summed E-state index contributed by atoms with van der Waals surface area (Å²) in [4.78, 5) is 27.8. The molecular weight excluding hydrogens is 530 g/mol. The normalized spacial score (nSPS) is 16.0. The summed E-state index contributed by atoms with van der Waals surface area (Å²) < 4.78 is 17.0. The molecule has 42 heavy (non-hydrogen) atoms. The lowest BCUT2D eigenvalue weighted by molar-refractivity contribution is -0.140. The van der Waals surface area contributed by atoms with Gasteiger partial charge in [0.1, 0.15) is 30.5 Å². The van der Waals surface area contributed by atoms with Crippen LogP contribution in [-0.4, -0.2) is 42.0 Å². The molecule has 1 N–H and O–H groups in total. The van der Waals surface area contributed by atoms with Crippen molar-refractivity contribution in [3.05, 3.63) is 137 Å². The van der Waals surface area contributed by atoms with E-state index in [4.69, 9.17) is 14.2 Å². The average Bonchev–Trinajstić information content (AvgIpc) is 3.28. The minimum atomic E-state index is -0.777. The van der Waals surface area contributed by atoms with E-state index in [1.807, 2.05) is 73.7 Å². The molecule has 0 spiro atoms. The van der Waals surface area contributed by atoms with Gasteiger partial charge < -0.3 is 24.2 Å². The molecule has 1 aliphatic rings. The Balaban J connectivity index is 1.39. The fourth-order valence-electron chi connectivity index (χ4n) is 4.93. The maximum Gasteiger partial charge on any atom is 0.295 e. The summed E-state index contributed by atoms with van der Waals surface area (Å²) in [6.07, 6.45) is 0. The van der Waals surface area contributed by atoms with Gasteiger partial charge in [0, 0.05) is 19.2 Å². The molecule has 1 saturated heterocycles. The van der Waals surface area contributed by atoms with Gasteiger partial charge in [0.25, 0.3) is 11.7 Å². The quantitative estimate of drug-likeness (QED) is 0.132. The van der Waals surface area contributed by atoms with Crippen molar-refractivity contribution in [3.8, 4) is 11.5 Å². The van der Waals surface area contributed by atoms with E-state index in [1.165, 1.54) is 12.0 Å². The molecule has 214 valence electrons. The second-order valence-corrected chi connectivity index (χ2v) is 10.1. The van der Waals surface area contributed by atoms with Crippen molar-refractivity contribution in [3.63, 3.8) is 0 Å². The van der Waals surface area contributed by atoms with Crippen LogP contribution in [-0.2, 0) is 27.5 Å². The smallest absolute Gasteiger partial charge is 0.295 e. The zero-order chi connectivity index (χ0) is 29.5. The SMILES string of the molecule is COCCN1C(=O)C(=O)C(=C(O)c2ccc(OCc3ccccc3C)cc2)C1c1ccc(OCc2ccccc2)cc1. The van der Waals surface area contributed by atoms with E-state index in [0.29, 0.717) is 35.8 Å². The van der Waals surface area contributed by atoms with Crippen molar-refractivity contribution in [1.29, 1.82) is 0 Å². The molecule has 1 aliphatic heterocycles. The molecule has 1 amide bonds. The van der Waals surface area contributed by atoms with E-state index in [9.17, 15) is 14.7 Å². The van der Waals surface area contributed by atoms with Crippen molar-refractivity contribution in [2.24, 2.45) is 0 Å². The molecule has 1 unspecified atom stereocenters. The van der Waals surface area contributed by atoms with Gasteiger partial charge in [0.15, 0.2) is 0 Å². The van der Waals surface area contributed by atoms with Gasteiger partial charge >= 0.3 is 0 Å². The fraction of sp³-hybridized carbons (Fsp3) is 0.200. The first-order chi connectivity index (χ1) is 20.5. The molecule has 1 heterocycles. The number of hydrogen-bond donors (Lipinski definition) is 1. The molecule has 4 aromatic carbocycles. The van der Waals surface area contributed by atoms with Crippen LogP contribution in [0.1, 0.15) is 33.9 Å². The third kappa shape index (κ3) is 6.37. The van der Waals surface area contributed by atoms with Crippen LogP contribution in [0.3, 0.4) is 0 Å². The maximum absolute atomic E-state index is 13.3. The van der Waals surface area contributed by atoms with Gasteiger partial charge in [-0.2, -0.15) is 0 Å². The van der Waals surface area contributed by atoms with Gasteiger partial charge in [0.05, 0.1) is 18.2 Å². The number of Topliss-reactive ketones (excluding diaryl/α,β-unsaturated/α-hetero) is 1. The number of benzene rings is 4. The molecule has 5 rings (SSSR count). The summed E-state index contributed by atoms with van der Waals surface area (Å²) in [6, 6.07) is 31.1. The second-order valence-electron chi connectivity index (χ2n) is 10.1. The number of methoxy groups -OCH3 is 1. The zero-order valence-corrected chi connectivity index (χ0v) is 23.7. The molecule has 1 atom stereocenters. The number of carbonyl (C=O) groups is 2. The lowest BCUT2D eigenvalue weighted by atomic mass is 9.95. The van der Waals surface area contributed by atoms with Crippen molar-refractivity contribution in [2.45, 2.75) is 26.2 Å². The van der Waals surface area contributed by atoms with E-state index < -0.39 is 17.7 Å². The molecule has 4 aromatic rings. The van der Waals surface area contributed by atoms with Crippen LogP contribution < -0.4 is 9.47 Å². The summed E-state index contributed by atoms with van der Waals surface area (Å²) in [6.45, 7) is 3.30. The van der Waals surface area contributed by atoms with Gasteiger partial charge in [-0.25, -0.2) is 0 Å². The topological polar surface area (TPSA) is 85.3 Å². The van der Waals surface area contributed by atoms with Crippen molar-refractivity contribution in [2.75, 3.05) is 20.3 Å². The predicted octanol–water partition coefficient (Wildman–Crippen LogP) is 6.22. The summed E-state index contributed by atoms with van der Waals surface area (Å²) >= 11 is 0. The first-order valence-corrected chi connectivity index (χ1v) is 13.8. The largest absolute Gasteiger partial charge is 0.507 e. The zero-order valence-electron chi connectivity index (χ0n) is 23.7.